The molecule has 0 bridgehead atoms. The van der Waals surface area contributed by atoms with Crippen LogP contribution in [0.1, 0.15) is 19.8 Å². The number of imide groups is 1. The largest absolute Gasteiger partial charge is 0.494 e. The van der Waals surface area contributed by atoms with Crippen molar-refractivity contribution >= 4 is 22.7 Å². The van der Waals surface area contributed by atoms with E-state index in [9.17, 15) is 9.59 Å². The summed E-state index contributed by atoms with van der Waals surface area (Å²) in [6.45, 7) is 2.73. The Morgan fingerprint density at radius 1 is 1.13 bits per heavy atom. The number of hydrogen-bond acceptors (Lipinski definition) is 3. The lowest BCUT2D eigenvalue weighted by molar-refractivity contribution is -0.127. The average molecular weight is 312 g/mol. The molecule has 1 aliphatic rings. The standard InChI is InChI=1S/C18H20N2O3/c1-2-16-17(21)20(18(22)19-16)10-5-11-23-15-9-8-13-6-3-4-7-14(13)12-15/h3-4,6-9,12,16H,2,5,10-11H2,1H3,(H,19,22)/t16-/m0/s1. The molecular formula is C18H20N2O3. The first kappa shape index (κ1) is 15.3. The molecular weight excluding hydrogens is 292 g/mol. The molecule has 0 radical (unpaired) electrons. The van der Waals surface area contributed by atoms with Crippen molar-refractivity contribution in [2.75, 3.05) is 13.2 Å². The number of ether oxygens (including phenoxy) is 1. The van der Waals surface area contributed by atoms with Crippen molar-refractivity contribution in [2.45, 2.75) is 25.8 Å². The molecule has 120 valence electrons. The van der Waals surface area contributed by atoms with Crippen LogP contribution in [0.2, 0.25) is 0 Å². The van der Waals surface area contributed by atoms with E-state index in [-0.39, 0.29) is 18.0 Å². The third-order valence-electron chi connectivity index (χ3n) is 4.03. The number of hydrogen-bond donors (Lipinski definition) is 1. The van der Waals surface area contributed by atoms with E-state index in [0.29, 0.717) is 26.0 Å². The lowest BCUT2D eigenvalue weighted by Gasteiger charge is -2.13. The van der Waals surface area contributed by atoms with Gasteiger partial charge in [-0.1, -0.05) is 37.3 Å². The number of benzene rings is 2. The average Bonchev–Trinajstić information content (AvgIpc) is 2.85. The zero-order valence-corrected chi connectivity index (χ0v) is 13.1. The lowest BCUT2D eigenvalue weighted by Crippen LogP contribution is -2.33. The Kier molecular flexibility index (Phi) is 4.46. The van der Waals surface area contributed by atoms with E-state index in [1.165, 1.54) is 10.3 Å². The van der Waals surface area contributed by atoms with Crippen molar-refractivity contribution in [1.82, 2.24) is 10.2 Å². The van der Waals surface area contributed by atoms with Crippen LogP contribution in [0.25, 0.3) is 10.8 Å². The van der Waals surface area contributed by atoms with Crippen molar-refractivity contribution < 1.29 is 14.3 Å². The Labute approximate surface area is 135 Å². The Morgan fingerprint density at radius 3 is 2.65 bits per heavy atom. The molecule has 3 amide bonds. The van der Waals surface area contributed by atoms with E-state index in [1.807, 2.05) is 43.3 Å². The van der Waals surface area contributed by atoms with Crippen molar-refractivity contribution in [3.05, 3.63) is 42.5 Å². The Morgan fingerprint density at radius 2 is 1.91 bits per heavy atom. The van der Waals surface area contributed by atoms with E-state index >= 15 is 0 Å². The highest BCUT2D eigenvalue weighted by atomic mass is 16.5. The molecule has 1 heterocycles. The first-order valence-electron chi connectivity index (χ1n) is 7.92. The van der Waals surface area contributed by atoms with Crippen LogP contribution < -0.4 is 10.1 Å². The van der Waals surface area contributed by atoms with Gasteiger partial charge in [-0.2, -0.15) is 0 Å². The van der Waals surface area contributed by atoms with Crippen LogP contribution in [0.4, 0.5) is 4.79 Å². The molecule has 1 N–H and O–H groups in total. The molecule has 1 saturated heterocycles. The molecule has 0 spiro atoms. The van der Waals surface area contributed by atoms with Gasteiger partial charge in [-0.15, -0.1) is 0 Å². The van der Waals surface area contributed by atoms with E-state index in [0.717, 1.165) is 11.1 Å². The van der Waals surface area contributed by atoms with Gasteiger partial charge in [0.1, 0.15) is 11.8 Å². The minimum Gasteiger partial charge on any atom is -0.494 e. The fourth-order valence-corrected chi connectivity index (χ4v) is 2.74. The molecule has 1 atom stereocenters. The normalized spacial score (nSPS) is 17.6. The van der Waals surface area contributed by atoms with Crippen LogP contribution in [-0.4, -0.2) is 36.0 Å². The van der Waals surface area contributed by atoms with Crippen molar-refractivity contribution in [1.29, 1.82) is 0 Å². The fraction of sp³-hybridized carbons (Fsp3) is 0.333. The number of carbonyl (C=O) groups excluding carboxylic acids is 2. The summed E-state index contributed by atoms with van der Waals surface area (Å²) in [5, 5.41) is 4.98. The van der Waals surface area contributed by atoms with Gasteiger partial charge >= 0.3 is 6.03 Å². The first-order valence-corrected chi connectivity index (χ1v) is 7.92. The van der Waals surface area contributed by atoms with Gasteiger partial charge in [0.05, 0.1) is 6.61 Å². The Balaban J connectivity index is 1.51. The summed E-state index contributed by atoms with van der Waals surface area (Å²) >= 11 is 0. The second kappa shape index (κ2) is 6.69. The number of nitrogens with one attached hydrogen (secondary N) is 1. The van der Waals surface area contributed by atoms with Crippen LogP contribution in [-0.2, 0) is 4.79 Å². The van der Waals surface area contributed by atoms with Gasteiger partial charge in [-0.05, 0) is 35.7 Å². The Bertz CT molecular complexity index is 729. The number of urea groups is 1. The topological polar surface area (TPSA) is 58.6 Å². The summed E-state index contributed by atoms with van der Waals surface area (Å²) in [6.07, 6.45) is 1.23. The number of amides is 3. The van der Waals surface area contributed by atoms with Gasteiger partial charge in [0.25, 0.3) is 5.91 Å². The smallest absolute Gasteiger partial charge is 0.324 e. The molecule has 1 fully saturated rings. The monoisotopic (exact) mass is 312 g/mol. The summed E-state index contributed by atoms with van der Waals surface area (Å²) < 4.78 is 5.73. The minimum absolute atomic E-state index is 0.136. The lowest BCUT2D eigenvalue weighted by atomic mass is 10.1. The quantitative estimate of drug-likeness (QED) is 0.659. The highest BCUT2D eigenvalue weighted by Gasteiger charge is 2.36. The third kappa shape index (κ3) is 3.28. The number of fused-ring (bicyclic) bond motifs is 1. The molecule has 5 nitrogen and oxygen atoms in total. The van der Waals surface area contributed by atoms with Gasteiger partial charge in [0.15, 0.2) is 0 Å². The predicted octanol–water partition coefficient (Wildman–Crippen LogP) is 2.94. The summed E-state index contributed by atoms with van der Waals surface area (Å²) in [5.41, 5.74) is 0. The maximum Gasteiger partial charge on any atom is 0.324 e. The van der Waals surface area contributed by atoms with E-state index in [1.54, 1.807) is 0 Å². The molecule has 0 aromatic heterocycles. The fourth-order valence-electron chi connectivity index (χ4n) is 2.74. The van der Waals surface area contributed by atoms with Crippen LogP contribution in [0, 0.1) is 0 Å². The van der Waals surface area contributed by atoms with Crippen molar-refractivity contribution in [3.63, 3.8) is 0 Å². The van der Waals surface area contributed by atoms with Gasteiger partial charge in [-0.25, -0.2) is 4.79 Å². The number of nitrogens with zero attached hydrogens (tertiary/aromatic N) is 1. The van der Waals surface area contributed by atoms with Crippen LogP contribution in [0.5, 0.6) is 5.75 Å². The molecule has 0 unspecified atom stereocenters. The van der Waals surface area contributed by atoms with E-state index in [4.69, 9.17) is 4.74 Å². The summed E-state index contributed by atoms with van der Waals surface area (Å²) in [7, 11) is 0. The molecule has 1 aliphatic heterocycles. The van der Waals surface area contributed by atoms with E-state index in [2.05, 4.69) is 11.4 Å². The number of carbonyl (C=O) groups is 2. The summed E-state index contributed by atoms with van der Waals surface area (Å²) in [4.78, 5) is 25.0. The second-order valence-corrected chi connectivity index (χ2v) is 5.61. The van der Waals surface area contributed by atoms with Crippen molar-refractivity contribution in [3.8, 4) is 5.75 Å². The van der Waals surface area contributed by atoms with E-state index < -0.39 is 0 Å². The third-order valence-corrected chi connectivity index (χ3v) is 4.03. The molecule has 0 aliphatic carbocycles. The van der Waals surface area contributed by atoms with Gasteiger partial charge in [0, 0.05) is 6.54 Å². The van der Waals surface area contributed by atoms with Crippen LogP contribution >= 0.6 is 0 Å². The Hall–Kier alpha value is -2.56. The zero-order valence-electron chi connectivity index (χ0n) is 13.1. The maximum absolute atomic E-state index is 12.0. The zero-order chi connectivity index (χ0) is 16.2. The second-order valence-electron chi connectivity index (χ2n) is 5.61. The molecule has 2 aromatic rings. The summed E-state index contributed by atoms with van der Waals surface area (Å²) in [5.74, 6) is 0.663. The number of rotatable bonds is 6. The minimum atomic E-state index is -0.371. The SMILES string of the molecule is CC[C@@H]1NC(=O)N(CCCOc2ccc3ccccc3c2)C1=O. The first-order chi connectivity index (χ1) is 11.2. The van der Waals surface area contributed by atoms with Gasteiger partial charge in [-0.3, -0.25) is 9.69 Å². The van der Waals surface area contributed by atoms with Crippen LogP contribution in [0.15, 0.2) is 42.5 Å². The van der Waals surface area contributed by atoms with Gasteiger partial charge < -0.3 is 10.1 Å². The molecule has 2 aromatic carbocycles. The molecule has 3 rings (SSSR count). The van der Waals surface area contributed by atoms with Crippen LogP contribution in [0.3, 0.4) is 0 Å². The molecule has 0 saturated carbocycles. The van der Waals surface area contributed by atoms with Gasteiger partial charge in [0.2, 0.25) is 0 Å². The highest BCUT2D eigenvalue weighted by Crippen LogP contribution is 2.20. The summed E-state index contributed by atoms with van der Waals surface area (Å²) in [6, 6.07) is 13.4. The predicted molar refractivity (Wildman–Crippen MR) is 88.4 cm³/mol. The molecule has 5 heteroatoms. The van der Waals surface area contributed by atoms with Crippen molar-refractivity contribution in [2.24, 2.45) is 0 Å². The highest BCUT2D eigenvalue weighted by molar-refractivity contribution is 6.04. The maximum atomic E-state index is 12.0. The molecule has 23 heavy (non-hydrogen) atoms.